The fraction of sp³-hybridized carbons (Fsp3) is 0.727. The van der Waals surface area contributed by atoms with Crippen LogP contribution in [0.1, 0.15) is 55.8 Å². The number of methoxy groups -OCH3 is 1. The summed E-state index contributed by atoms with van der Waals surface area (Å²) in [7, 11) is 1.61. The number of fused-ring (bicyclic) bond motifs is 1. The predicted molar refractivity (Wildman–Crippen MR) is 55.6 cm³/mol. The third kappa shape index (κ3) is 1.63. The van der Waals surface area contributed by atoms with Gasteiger partial charge in [-0.25, -0.2) is 8.78 Å². The van der Waals surface area contributed by atoms with Crippen molar-refractivity contribution in [2.45, 2.75) is 45.3 Å². The van der Waals surface area contributed by atoms with Gasteiger partial charge in [0.1, 0.15) is 5.69 Å². The van der Waals surface area contributed by atoms with Gasteiger partial charge in [-0.1, -0.05) is 0 Å². The number of ether oxygens (including phenoxy) is 1. The average molecular weight is 230 g/mol. The fourth-order valence-corrected chi connectivity index (χ4v) is 2.31. The minimum Gasteiger partial charge on any atom is -0.375 e. The number of halogens is 2. The van der Waals surface area contributed by atoms with Crippen LogP contribution in [0.2, 0.25) is 0 Å². The molecule has 2 rings (SSSR count). The number of rotatable bonds is 3. The second-order valence-electron chi connectivity index (χ2n) is 4.35. The molecule has 1 aliphatic carbocycles. The van der Waals surface area contributed by atoms with E-state index >= 15 is 0 Å². The zero-order valence-corrected chi connectivity index (χ0v) is 9.70. The maximum absolute atomic E-state index is 12.8. The first kappa shape index (κ1) is 11.5. The van der Waals surface area contributed by atoms with Gasteiger partial charge in [0.05, 0.1) is 11.8 Å². The van der Waals surface area contributed by atoms with E-state index in [1.165, 1.54) is 0 Å². The van der Waals surface area contributed by atoms with Crippen LogP contribution in [-0.4, -0.2) is 16.9 Å². The Hall–Kier alpha value is -0.970. The molecule has 1 aromatic rings. The van der Waals surface area contributed by atoms with E-state index in [4.69, 9.17) is 4.74 Å². The molecule has 3 nitrogen and oxygen atoms in total. The molecule has 0 amide bonds. The molecule has 0 saturated carbocycles. The second kappa shape index (κ2) is 4.13. The number of hydrogen-bond donors (Lipinski definition) is 0. The molecular weight excluding hydrogens is 214 g/mol. The molecule has 1 heterocycles. The van der Waals surface area contributed by atoms with E-state index in [0.29, 0.717) is 12.0 Å². The van der Waals surface area contributed by atoms with E-state index in [9.17, 15) is 8.78 Å². The summed E-state index contributed by atoms with van der Waals surface area (Å²) in [6.45, 7) is 3.88. The highest BCUT2D eigenvalue weighted by Crippen LogP contribution is 2.39. The first-order chi connectivity index (χ1) is 7.56. The molecule has 0 aromatic carbocycles. The van der Waals surface area contributed by atoms with Crippen molar-refractivity contribution in [3.8, 4) is 0 Å². The van der Waals surface area contributed by atoms with Crippen molar-refractivity contribution in [2.24, 2.45) is 0 Å². The van der Waals surface area contributed by atoms with E-state index in [2.05, 4.69) is 5.10 Å². The third-order valence-corrected chi connectivity index (χ3v) is 3.02. The molecule has 0 saturated heterocycles. The average Bonchev–Trinajstić information content (AvgIpc) is 2.74. The summed E-state index contributed by atoms with van der Waals surface area (Å²) >= 11 is 0. The van der Waals surface area contributed by atoms with Crippen LogP contribution in [0, 0.1) is 0 Å². The number of aromatic nitrogens is 2. The number of hydrogen-bond acceptors (Lipinski definition) is 2. The highest BCUT2D eigenvalue weighted by atomic mass is 19.3. The van der Waals surface area contributed by atoms with Crippen molar-refractivity contribution in [2.75, 3.05) is 7.11 Å². The van der Waals surface area contributed by atoms with Crippen molar-refractivity contribution in [1.29, 1.82) is 0 Å². The molecule has 90 valence electrons. The third-order valence-electron chi connectivity index (χ3n) is 3.02. The van der Waals surface area contributed by atoms with Gasteiger partial charge >= 0.3 is 0 Å². The van der Waals surface area contributed by atoms with Crippen LogP contribution in [0.25, 0.3) is 0 Å². The lowest BCUT2D eigenvalue weighted by Gasteiger charge is -2.15. The Kier molecular flexibility index (Phi) is 2.97. The van der Waals surface area contributed by atoms with Gasteiger partial charge < -0.3 is 4.74 Å². The Morgan fingerprint density at radius 2 is 2.12 bits per heavy atom. The normalized spacial score (nSPS) is 19.8. The molecule has 1 aliphatic rings. The van der Waals surface area contributed by atoms with Crippen LogP contribution in [0.3, 0.4) is 0 Å². The topological polar surface area (TPSA) is 27.1 Å². The minimum atomic E-state index is -2.50. The van der Waals surface area contributed by atoms with Crippen LogP contribution in [-0.2, 0) is 11.2 Å². The van der Waals surface area contributed by atoms with Gasteiger partial charge in [0, 0.05) is 18.7 Å². The zero-order valence-electron chi connectivity index (χ0n) is 9.70. The van der Waals surface area contributed by atoms with Crippen LogP contribution >= 0.6 is 0 Å². The monoisotopic (exact) mass is 230 g/mol. The predicted octanol–water partition coefficient (Wildman–Crippen LogP) is 3.04. The maximum atomic E-state index is 12.8. The molecule has 1 atom stereocenters. The first-order valence-electron chi connectivity index (χ1n) is 5.48. The van der Waals surface area contributed by atoms with E-state index in [1.807, 2.05) is 13.8 Å². The first-order valence-corrected chi connectivity index (χ1v) is 5.48. The Morgan fingerprint density at radius 1 is 1.44 bits per heavy atom. The highest BCUT2D eigenvalue weighted by molar-refractivity contribution is 5.33. The highest BCUT2D eigenvalue weighted by Gasteiger charge is 2.34. The molecule has 0 fully saturated rings. The summed E-state index contributed by atoms with van der Waals surface area (Å²) in [6.07, 6.45) is -1.17. The zero-order chi connectivity index (χ0) is 11.9. The number of alkyl halides is 2. The standard InChI is InChI=1S/C11H16F2N2O/c1-6(2)15-10-7(4-5-8(10)16-3)9(14-15)11(12)13/h6,8,11H,4-5H2,1-3H3. The summed E-state index contributed by atoms with van der Waals surface area (Å²) in [6, 6.07) is 0.0806. The van der Waals surface area contributed by atoms with Crippen LogP contribution in [0.15, 0.2) is 0 Å². The van der Waals surface area contributed by atoms with E-state index in [1.54, 1.807) is 11.8 Å². The Labute approximate surface area is 93.4 Å². The van der Waals surface area contributed by atoms with Gasteiger partial charge in [0.2, 0.25) is 0 Å². The molecule has 1 aromatic heterocycles. The lowest BCUT2D eigenvalue weighted by molar-refractivity contribution is 0.0954. The minimum absolute atomic E-state index is 0.0664. The fourth-order valence-electron chi connectivity index (χ4n) is 2.31. The molecule has 0 bridgehead atoms. The Bertz CT molecular complexity index is 388. The molecule has 1 unspecified atom stereocenters. The molecule has 0 aliphatic heterocycles. The summed E-state index contributed by atoms with van der Waals surface area (Å²) in [4.78, 5) is 0. The van der Waals surface area contributed by atoms with E-state index < -0.39 is 6.43 Å². The van der Waals surface area contributed by atoms with Gasteiger partial charge in [-0.2, -0.15) is 5.10 Å². The van der Waals surface area contributed by atoms with E-state index in [0.717, 1.165) is 12.1 Å². The largest absolute Gasteiger partial charge is 0.375 e. The SMILES string of the molecule is COC1CCc2c(C(F)F)nn(C(C)C)c21. The molecule has 5 heteroatoms. The van der Waals surface area contributed by atoms with Gasteiger partial charge in [-0.05, 0) is 26.7 Å². The van der Waals surface area contributed by atoms with Gasteiger partial charge in [0.25, 0.3) is 6.43 Å². The summed E-state index contributed by atoms with van der Waals surface area (Å²) in [5, 5.41) is 4.02. The molecule has 0 spiro atoms. The molecule has 0 radical (unpaired) electrons. The smallest absolute Gasteiger partial charge is 0.282 e. The van der Waals surface area contributed by atoms with Crippen molar-refractivity contribution >= 4 is 0 Å². The lowest BCUT2D eigenvalue weighted by atomic mass is 10.2. The van der Waals surface area contributed by atoms with Gasteiger partial charge in [-0.3, -0.25) is 4.68 Å². The Morgan fingerprint density at radius 3 is 2.62 bits per heavy atom. The summed E-state index contributed by atoms with van der Waals surface area (Å²) < 4.78 is 32.6. The van der Waals surface area contributed by atoms with Gasteiger partial charge in [-0.15, -0.1) is 0 Å². The summed E-state index contributed by atoms with van der Waals surface area (Å²) in [5.41, 5.74) is 1.46. The number of nitrogens with zero attached hydrogens (tertiary/aromatic N) is 2. The van der Waals surface area contributed by atoms with Crippen LogP contribution in [0.5, 0.6) is 0 Å². The molecule has 0 N–H and O–H groups in total. The molecular formula is C11H16F2N2O. The van der Waals surface area contributed by atoms with Crippen molar-refractivity contribution in [1.82, 2.24) is 9.78 Å². The second-order valence-corrected chi connectivity index (χ2v) is 4.35. The quantitative estimate of drug-likeness (QED) is 0.798. The van der Waals surface area contributed by atoms with E-state index in [-0.39, 0.29) is 17.8 Å². The molecule has 16 heavy (non-hydrogen) atoms. The Balaban J connectivity index is 2.52. The summed E-state index contributed by atoms with van der Waals surface area (Å²) in [5.74, 6) is 0. The maximum Gasteiger partial charge on any atom is 0.282 e. The van der Waals surface area contributed by atoms with Crippen molar-refractivity contribution in [3.63, 3.8) is 0 Å². The van der Waals surface area contributed by atoms with Gasteiger partial charge in [0.15, 0.2) is 0 Å². The van der Waals surface area contributed by atoms with Crippen LogP contribution < -0.4 is 0 Å². The van der Waals surface area contributed by atoms with Crippen molar-refractivity contribution in [3.05, 3.63) is 17.0 Å². The van der Waals surface area contributed by atoms with Crippen molar-refractivity contribution < 1.29 is 13.5 Å². The van der Waals surface area contributed by atoms with Crippen LogP contribution in [0.4, 0.5) is 8.78 Å². The lowest BCUT2D eigenvalue weighted by Crippen LogP contribution is -2.11.